The van der Waals surface area contributed by atoms with E-state index in [1.807, 2.05) is 74.5 Å². The van der Waals surface area contributed by atoms with Crippen LogP contribution in [0, 0.1) is 0 Å². The molecule has 2 aliphatic heterocycles. The lowest BCUT2D eigenvalue weighted by atomic mass is 9.85. The lowest BCUT2D eigenvalue weighted by molar-refractivity contribution is -0.140. The molecule has 0 aliphatic carbocycles. The first kappa shape index (κ1) is 24.6. The lowest BCUT2D eigenvalue weighted by Crippen LogP contribution is -2.58. The van der Waals surface area contributed by atoms with Crippen LogP contribution in [0.25, 0.3) is 0 Å². The van der Waals surface area contributed by atoms with E-state index in [9.17, 15) is 14.4 Å². The molecule has 0 saturated carbocycles. The van der Waals surface area contributed by atoms with Crippen molar-refractivity contribution in [2.24, 2.45) is 0 Å². The van der Waals surface area contributed by atoms with Gasteiger partial charge in [0.2, 0.25) is 5.91 Å². The van der Waals surface area contributed by atoms with Crippen LogP contribution < -0.4 is 10.2 Å². The number of benzene rings is 2. The molecule has 0 atom stereocenters. The summed E-state index contributed by atoms with van der Waals surface area (Å²) in [5.74, 6) is -0.0580. The monoisotopic (exact) mass is 477 g/mol. The van der Waals surface area contributed by atoms with E-state index in [0.29, 0.717) is 52.2 Å². The maximum Gasteiger partial charge on any atom is 0.317 e. The molecular weight excluding hydrogens is 442 g/mol. The number of urea groups is 1. The van der Waals surface area contributed by atoms with Gasteiger partial charge in [-0.15, -0.1) is 0 Å². The quantitative estimate of drug-likeness (QED) is 0.665. The maximum atomic E-state index is 13.8. The van der Waals surface area contributed by atoms with Crippen molar-refractivity contribution in [2.45, 2.75) is 38.8 Å². The van der Waals surface area contributed by atoms with Gasteiger partial charge in [0.15, 0.2) is 0 Å². The molecule has 2 fully saturated rings. The zero-order valence-electron chi connectivity index (χ0n) is 20.7. The number of likely N-dealkylation sites (tertiary alicyclic amines) is 1. The summed E-state index contributed by atoms with van der Waals surface area (Å²) in [5, 5.41) is 2.99. The number of carbonyl (C=O) groups is 3. The van der Waals surface area contributed by atoms with Crippen LogP contribution in [-0.2, 0) is 16.1 Å². The standard InChI is InChI=1S/C27H35N5O3/c1-3-29(4-2)24(33)20-31-21-32(23-13-9-6-10-14-23)27(25(31)34)15-17-30(18-16-27)26(35)28-19-22-11-7-5-8-12-22/h5-14H,3-4,15-21H2,1-2H3,(H,28,35). The molecule has 4 rings (SSSR count). The number of carbonyl (C=O) groups excluding carboxylic acids is 3. The van der Waals surface area contributed by atoms with Crippen molar-refractivity contribution in [2.75, 3.05) is 44.3 Å². The number of likely N-dealkylation sites (N-methyl/N-ethyl adjacent to an activating group) is 1. The van der Waals surface area contributed by atoms with E-state index >= 15 is 0 Å². The first-order valence-corrected chi connectivity index (χ1v) is 12.4. The molecule has 2 aliphatic rings. The maximum absolute atomic E-state index is 13.8. The summed E-state index contributed by atoms with van der Waals surface area (Å²) in [6.07, 6.45) is 1.05. The van der Waals surface area contributed by atoms with Gasteiger partial charge in [0.05, 0.1) is 6.67 Å². The van der Waals surface area contributed by atoms with Gasteiger partial charge in [-0.3, -0.25) is 9.59 Å². The molecule has 2 saturated heterocycles. The van der Waals surface area contributed by atoms with Crippen LogP contribution in [0.5, 0.6) is 0 Å². The second-order valence-electron chi connectivity index (χ2n) is 9.14. The molecule has 186 valence electrons. The molecule has 0 bridgehead atoms. The predicted molar refractivity (Wildman–Crippen MR) is 136 cm³/mol. The Balaban J connectivity index is 1.47. The normalized spacial score (nSPS) is 17.1. The van der Waals surface area contributed by atoms with Crippen molar-refractivity contribution in [1.29, 1.82) is 0 Å². The molecule has 2 aromatic rings. The third-order valence-electron chi connectivity index (χ3n) is 7.19. The van der Waals surface area contributed by atoms with E-state index < -0.39 is 5.54 Å². The highest BCUT2D eigenvalue weighted by Crippen LogP contribution is 2.39. The fourth-order valence-electron chi connectivity index (χ4n) is 5.13. The fraction of sp³-hybridized carbons (Fsp3) is 0.444. The number of amides is 4. The fourth-order valence-corrected chi connectivity index (χ4v) is 5.13. The zero-order chi connectivity index (χ0) is 24.8. The molecule has 0 unspecified atom stereocenters. The largest absolute Gasteiger partial charge is 0.342 e. The third-order valence-corrected chi connectivity index (χ3v) is 7.19. The molecule has 8 nitrogen and oxygen atoms in total. The van der Waals surface area contributed by atoms with Crippen LogP contribution in [0.3, 0.4) is 0 Å². The number of rotatable bonds is 7. The van der Waals surface area contributed by atoms with Gasteiger partial charge in [-0.25, -0.2) is 4.79 Å². The van der Waals surface area contributed by atoms with Crippen LogP contribution in [0.2, 0.25) is 0 Å². The van der Waals surface area contributed by atoms with Crippen molar-refractivity contribution < 1.29 is 14.4 Å². The van der Waals surface area contributed by atoms with E-state index in [0.717, 1.165) is 11.3 Å². The highest BCUT2D eigenvalue weighted by atomic mass is 16.2. The van der Waals surface area contributed by atoms with Gasteiger partial charge < -0.3 is 24.9 Å². The second-order valence-corrected chi connectivity index (χ2v) is 9.14. The van der Waals surface area contributed by atoms with E-state index in [-0.39, 0.29) is 24.4 Å². The van der Waals surface area contributed by atoms with Crippen molar-refractivity contribution in [1.82, 2.24) is 20.0 Å². The summed E-state index contributed by atoms with van der Waals surface area (Å²) in [7, 11) is 0. The predicted octanol–water partition coefficient (Wildman–Crippen LogP) is 2.91. The van der Waals surface area contributed by atoms with E-state index in [1.54, 1.807) is 14.7 Å². The first-order chi connectivity index (χ1) is 17.0. The van der Waals surface area contributed by atoms with Crippen molar-refractivity contribution in [3.8, 4) is 0 Å². The van der Waals surface area contributed by atoms with E-state index in [4.69, 9.17) is 0 Å². The highest BCUT2D eigenvalue weighted by molar-refractivity contribution is 5.96. The minimum Gasteiger partial charge on any atom is -0.342 e. The van der Waals surface area contributed by atoms with Gasteiger partial charge in [-0.05, 0) is 44.4 Å². The summed E-state index contributed by atoms with van der Waals surface area (Å²) < 4.78 is 0. The average Bonchev–Trinajstić information content (AvgIpc) is 3.15. The Morgan fingerprint density at radius 1 is 0.943 bits per heavy atom. The van der Waals surface area contributed by atoms with Crippen LogP contribution in [0.1, 0.15) is 32.3 Å². The topological polar surface area (TPSA) is 76.2 Å². The zero-order valence-corrected chi connectivity index (χ0v) is 20.7. The SMILES string of the molecule is CCN(CC)C(=O)CN1CN(c2ccccc2)C2(CCN(C(=O)NCc3ccccc3)CC2)C1=O. The molecule has 1 N–H and O–H groups in total. The molecule has 1 spiro atoms. The Morgan fingerprint density at radius 3 is 2.14 bits per heavy atom. The van der Waals surface area contributed by atoms with Crippen LogP contribution in [-0.4, -0.2) is 77.5 Å². The van der Waals surface area contributed by atoms with Gasteiger partial charge in [-0.1, -0.05) is 48.5 Å². The lowest BCUT2D eigenvalue weighted by Gasteiger charge is -2.43. The summed E-state index contributed by atoms with van der Waals surface area (Å²) in [4.78, 5) is 46.7. The Hall–Kier alpha value is -3.55. The molecule has 35 heavy (non-hydrogen) atoms. The van der Waals surface area contributed by atoms with Gasteiger partial charge >= 0.3 is 6.03 Å². The number of nitrogens with one attached hydrogen (secondary N) is 1. The Kier molecular flexibility index (Phi) is 7.58. The molecule has 2 heterocycles. The van der Waals surface area contributed by atoms with Crippen LogP contribution in [0.15, 0.2) is 60.7 Å². The Bertz CT molecular complexity index is 1020. The smallest absolute Gasteiger partial charge is 0.317 e. The molecule has 2 aromatic carbocycles. The van der Waals surface area contributed by atoms with Crippen molar-refractivity contribution >= 4 is 23.5 Å². The van der Waals surface area contributed by atoms with Gasteiger partial charge in [0.25, 0.3) is 5.91 Å². The van der Waals surface area contributed by atoms with Gasteiger partial charge in [-0.2, -0.15) is 0 Å². The Morgan fingerprint density at radius 2 is 1.54 bits per heavy atom. The number of anilines is 1. The van der Waals surface area contributed by atoms with Gasteiger partial charge in [0, 0.05) is 38.4 Å². The van der Waals surface area contributed by atoms with Crippen molar-refractivity contribution in [3.63, 3.8) is 0 Å². The summed E-state index contributed by atoms with van der Waals surface area (Å²) in [5.41, 5.74) is 1.26. The third kappa shape index (κ3) is 5.11. The number of nitrogens with zero attached hydrogens (tertiary/aromatic N) is 4. The van der Waals surface area contributed by atoms with Crippen molar-refractivity contribution in [3.05, 3.63) is 66.2 Å². The van der Waals surface area contributed by atoms with Gasteiger partial charge in [0.1, 0.15) is 12.1 Å². The molecular formula is C27H35N5O3. The summed E-state index contributed by atoms with van der Waals surface area (Å²) in [6.45, 7) is 7.02. The molecule has 0 radical (unpaired) electrons. The van der Waals surface area contributed by atoms with Crippen LogP contribution in [0.4, 0.5) is 10.5 Å². The minimum atomic E-state index is -0.749. The Labute approximate surface area is 207 Å². The highest BCUT2D eigenvalue weighted by Gasteiger charge is 2.54. The number of hydrogen-bond acceptors (Lipinski definition) is 4. The molecule has 0 aromatic heterocycles. The summed E-state index contributed by atoms with van der Waals surface area (Å²) >= 11 is 0. The number of hydrogen-bond donors (Lipinski definition) is 1. The first-order valence-electron chi connectivity index (χ1n) is 12.4. The van der Waals surface area contributed by atoms with E-state index in [1.165, 1.54) is 0 Å². The molecule has 8 heteroatoms. The average molecular weight is 478 g/mol. The minimum absolute atomic E-state index is 0.0220. The number of piperidine rings is 1. The molecule has 4 amide bonds. The van der Waals surface area contributed by atoms with Crippen LogP contribution >= 0.6 is 0 Å². The van der Waals surface area contributed by atoms with E-state index in [2.05, 4.69) is 10.2 Å². The summed E-state index contributed by atoms with van der Waals surface area (Å²) in [6, 6.07) is 19.6. The number of para-hydroxylation sites is 1. The second kappa shape index (κ2) is 10.8.